The number of aromatic nitrogens is 2. The quantitative estimate of drug-likeness (QED) is 0.650. The molecule has 6 nitrogen and oxygen atoms in total. The van der Waals surface area contributed by atoms with Crippen LogP contribution in [0.2, 0.25) is 0 Å². The van der Waals surface area contributed by atoms with E-state index in [1.807, 2.05) is 4.90 Å². The number of fused-ring (bicyclic) bond motifs is 1. The van der Waals surface area contributed by atoms with Gasteiger partial charge in [0.15, 0.2) is 0 Å². The van der Waals surface area contributed by atoms with E-state index in [2.05, 4.69) is 32.8 Å². The zero-order chi connectivity index (χ0) is 14.5. The molecule has 6 heteroatoms. The number of allylic oxidation sites excluding steroid dienone is 2. The van der Waals surface area contributed by atoms with Crippen molar-refractivity contribution in [3.05, 3.63) is 30.6 Å². The van der Waals surface area contributed by atoms with Crippen molar-refractivity contribution in [2.75, 3.05) is 31.5 Å². The molecule has 2 amide bonds. The summed E-state index contributed by atoms with van der Waals surface area (Å²) < 4.78 is 0. The third kappa shape index (κ3) is 3.51. The van der Waals surface area contributed by atoms with E-state index in [1.54, 1.807) is 18.5 Å². The van der Waals surface area contributed by atoms with Gasteiger partial charge in [-0.3, -0.25) is 0 Å². The molecule has 2 heterocycles. The minimum atomic E-state index is 0.0418. The molecular formula is C15H21N5O. The van der Waals surface area contributed by atoms with Gasteiger partial charge in [-0.05, 0) is 30.7 Å². The van der Waals surface area contributed by atoms with Crippen molar-refractivity contribution in [1.29, 1.82) is 0 Å². The Kier molecular flexibility index (Phi) is 4.33. The second kappa shape index (κ2) is 6.56. The van der Waals surface area contributed by atoms with Gasteiger partial charge in [0.25, 0.3) is 0 Å². The van der Waals surface area contributed by atoms with E-state index in [4.69, 9.17) is 0 Å². The Morgan fingerprint density at radius 2 is 1.81 bits per heavy atom. The molecule has 0 aromatic carbocycles. The molecular weight excluding hydrogens is 266 g/mol. The number of carbonyl (C=O) groups excluding carboxylic acids is 1. The Balaban J connectivity index is 1.37. The zero-order valence-electron chi connectivity index (χ0n) is 12.0. The average molecular weight is 287 g/mol. The standard InChI is InChI=1S/C15H21N5O/c21-15(19-9-8-18-14-16-6-3-7-17-14)20-10-12-4-1-2-5-13(12)11-20/h1-3,6-7,12-13H,4-5,8-11H2,(H,19,21)(H,16,17,18). The summed E-state index contributed by atoms with van der Waals surface area (Å²) in [5.41, 5.74) is 0. The lowest BCUT2D eigenvalue weighted by atomic mass is 9.86. The molecule has 1 saturated heterocycles. The van der Waals surface area contributed by atoms with E-state index in [0.29, 0.717) is 30.9 Å². The van der Waals surface area contributed by atoms with E-state index in [-0.39, 0.29) is 6.03 Å². The van der Waals surface area contributed by atoms with Crippen LogP contribution in [0.1, 0.15) is 12.8 Å². The topological polar surface area (TPSA) is 70.1 Å². The minimum absolute atomic E-state index is 0.0418. The molecule has 2 unspecified atom stereocenters. The minimum Gasteiger partial charge on any atom is -0.352 e. The number of amides is 2. The summed E-state index contributed by atoms with van der Waals surface area (Å²) in [5, 5.41) is 6.03. The highest BCUT2D eigenvalue weighted by atomic mass is 16.2. The van der Waals surface area contributed by atoms with E-state index in [9.17, 15) is 4.79 Å². The third-order valence-corrected chi connectivity index (χ3v) is 4.16. The van der Waals surface area contributed by atoms with Gasteiger partial charge in [0.2, 0.25) is 5.95 Å². The van der Waals surface area contributed by atoms with Gasteiger partial charge in [-0.25, -0.2) is 14.8 Å². The Hall–Kier alpha value is -2.11. The van der Waals surface area contributed by atoms with Crippen LogP contribution in [0.3, 0.4) is 0 Å². The normalized spacial score (nSPS) is 23.7. The van der Waals surface area contributed by atoms with Crippen LogP contribution in [0.5, 0.6) is 0 Å². The molecule has 112 valence electrons. The summed E-state index contributed by atoms with van der Waals surface area (Å²) in [4.78, 5) is 22.2. The number of rotatable bonds is 4. The number of hydrogen-bond donors (Lipinski definition) is 2. The predicted octanol–water partition coefficient (Wildman–Crippen LogP) is 1.50. The highest BCUT2D eigenvalue weighted by Gasteiger charge is 2.34. The molecule has 1 aliphatic carbocycles. The van der Waals surface area contributed by atoms with Gasteiger partial charge in [0, 0.05) is 38.6 Å². The van der Waals surface area contributed by atoms with Gasteiger partial charge in [0.05, 0.1) is 0 Å². The number of urea groups is 1. The van der Waals surface area contributed by atoms with Crippen molar-refractivity contribution in [2.45, 2.75) is 12.8 Å². The summed E-state index contributed by atoms with van der Waals surface area (Å²) in [6, 6.07) is 1.81. The van der Waals surface area contributed by atoms with Crippen molar-refractivity contribution in [2.24, 2.45) is 11.8 Å². The smallest absolute Gasteiger partial charge is 0.317 e. The zero-order valence-corrected chi connectivity index (χ0v) is 12.0. The first-order valence-electron chi connectivity index (χ1n) is 7.51. The van der Waals surface area contributed by atoms with Crippen LogP contribution in [-0.2, 0) is 0 Å². The van der Waals surface area contributed by atoms with Crippen LogP contribution >= 0.6 is 0 Å². The second-order valence-electron chi connectivity index (χ2n) is 5.60. The molecule has 2 N–H and O–H groups in total. The Bertz CT molecular complexity index is 488. The molecule has 1 fully saturated rings. The first-order chi connectivity index (χ1) is 10.3. The van der Waals surface area contributed by atoms with Crippen molar-refractivity contribution in [3.63, 3.8) is 0 Å². The number of hydrogen-bond acceptors (Lipinski definition) is 4. The van der Waals surface area contributed by atoms with Gasteiger partial charge in [-0.2, -0.15) is 0 Å². The number of nitrogens with zero attached hydrogens (tertiary/aromatic N) is 3. The van der Waals surface area contributed by atoms with Crippen molar-refractivity contribution in [1.82, 2.24) is 20.2 Å². The van der Waals surface area contributed by atoms with E-state index in [1.165, 1.54) is 0 Å². The summed E-state index contributed by atoms with van der Waals surface area (Å²) in [7, 11) is 0. The molecule has 0 bridgehead atoms. The fraction of sp³-hybridized carbons (Fsp3) is 0.533. The Morgan fingerprint density at radius 3 is 2.48 bits per heavy atom. The van der Waals surface area contributed by atoms with Crippen LogP contribution < -0.4 is 10.6 Å². The fourth-order valence-electron chi connectivity index (χ4n) is 3.03. The lowest BCUT2D eigenvalue weighted by molar-refractivity contribution is 0.207. The third-order valence-electron chi connectivity index (χ3n) is 4.16. The van der Waals surface area contributed by atoms with E-state index >= 15 is 0 Å². The highest BCUT2D eigenvalue weighted by Crippen LogP contribution is 2.32. The van der Waals surface area contributed by atoms with E-state index < -0.39 is 0 Å². The highest BCUT2D eigenvalue weighted by molar-refractivity contribution is 5.74. The fourth-order valence-corrected chi connectivity index (χ4v) is 3.03. The molecule has 2 aliphatic rings. The molecule has 3 rings (SSSR count). The monoisotopic (exact) mass is 287 g/mol. The number of likely N-dealkylation sites (tertiary alicyclic amines) is 1. The van der Waals surface area contributed by atoms with Gasteiger partial charge >= 0.3 is 6.03 Å². The maximum Gasteiger partial charge on any atom is 0.317 e. The lowest BCUT2D eigenvalue weighted by Crippen LogP contribution is -2.40. The van der Waals surface area contributed by atoms with Crippen molar-refractivity contribution in [3.8, 4) is 0 Å². The van der Waals surface area contributed by atoms with Crippen LogP contribution in [0.25, 0.3) is 0 Å². The van der Waals surface area contributed by atoms with Crippen molar-refractivity contribution >= 4 is 12.0 Å². The largest absolute Gasteiger partial charge is 0.352 e. The molecule has 1 aromatic rings. The molecule has 0 saturated carbocycles. The second-order valence-corrected chi connectivity index (χ2v) is 5.60. The maximum atomic E-state index is 12.1. The Labute approximate surface area is 124 Å². The van der Waals surface area contributed by atoms with Gasteiger partial charge in [-0.1, -0.05) is 12.2 Å². The van der Waals surface area contributed by atoms with Crippen LogP contribution in [0.15, 0.2) is 30.6 Å². The molecule has 0 spiro atoms. The van der Waals surface area contributed by atoms with Gasteiger partial charge in [0.1, 0.15) is 0 Å². The summed E-state index contributed by atoms with van der Waals surface area (Å²) in [6.45, 7) is 2.96. The molecule has 1 aliphatic heterocycles. The lowest BCUT2D eigenvalue weighted by Gasteiger charge is -2.17. The first kappa shape index (κ1) is 13.9. The first-order valence-corrected chi connectivity index (χ1v) is 7.51. The summed E-state index contributed by atoms with van der Waals surface area (Å²) >= 11 is 0. The number of nitrogens with one attached hydrogen (secondary N) is 2. The molecule has 1 aromatic heterocycles. The SMILES string of the molecule is O=C(NCCNc1ncccn1)N1CC2CC=CCC2C1. The van der Waals surface area contributed by atoms with Crippen LogP contribution in [-0.4, -0.2) is 47.1 Å². The van der Waals surface area contributed by atoms with Gasteiger partial charge in [-0.15, -0.1) is 0 Å². The summed E-state index contributed by atoms with van der Waals surface area (Å²) in [5.74, 6) is 1.89. The number of carbonyl (C=O) groups is 1. The van der Waals surface area contributed by atoms with E-state index in [0.717, 1.165) is 25.9 Å². The predicted molar refractivity (Wildman–Crippen MR) is 80.8 cm³/mol. The van der Waals surface area contributed by atoms with Crippen LogP contribution in [0, 0.1) is 11.8 Å². The molecule has 0 radical (unpaired) electrons. The Morgan fingerprint density at radius 1 is 1.14 bits per heavy atom. The van der Waals surface area contributed by atoms with Crippen molar-refractivity contribution < 1.29 is 4.79 Å². The molecule has 21 heavy (non-hydrogen) atoms. The van der Waals surface area contributed by atoms with Crippen LogP contribution in [0.4, 0.5) is 10.7 Å². The number of anilines is 1. The average Bonchev–Trinajstić information content (AvgIpc) is 2.96. The molecule has 2 atom stereocenters. The van der Waals surface area contributed by atoms with Gasteiger partial charge < -0.3 is 15.5 Å². The summed E-state index contributed by atoms with van der Waals surface area (Å²) in [6.07, 6.45) is 10.1. The maximum absolute atomic E-state index is 12.1.